The van der Waals surface area contributed by atoms with Crippen molar-refractivity contribution in [1.82, 2.24) is 0 Å². The highest BCUT2D eigenvalue weighted by molar-refractivity contribution is 6.05. The molecule has 0 fully saturated rings. The molecule has 0 saturated heterocycles. The second kappa shape index (κ2) is 9.35. The Labute approximate surface area is 186 Å². The van der Waals surface area contributed by atoms with E-state index in [1.807, 2.05) is 61.5 Å². The van der Waals surface area contributed by atoms with Crippen molar-refractivity contribution < 1.29 is 23.8 Å². The van der Waals surface area contributed by atoms with Gasteiger partial charge in [-0.25, -0.2) is 4.79 Å². The molecule has 0 N–H and O–H groups in total. The zero-order valence-corrected chi connectivity index (χ0v) is 17.8. The van der Waals surface area contributed by atoms with Gasteiger partial charge in [0.05, 0.1) is 12.2 Å². The Bertz CT molecular complexity index is 1200. The van der Waals surface area contributed by atoms with Crippen LogP contribution in [0.3, 0.4) is 0 Å². The van der Waals surface area contributed by atoms with E-state index in [0.29, 0.717) is 29.4 Å². The van der Waals surface area contributed by atoms with Crippen LogP contribution in [0.2, 0.25) is 0 Å². The predicted octanol–water partition coefficient (Wildman–Crippen LogP) is 5.66. The van der Waals surface area contributed by atoms with Crippen LogP contribution in [0.1, 0.15) is 25.0 Å². The monoisotopic (exact) mass is 426 g/mol. The van der Waals surface area contributed by atoms with E-state index in [0.717, 1.165) is 22.3 Å². The van der Waals surface area contributed by atoms with Crippen LogP contribution in [-0.2, 0) is 14.3 Å². The normalized spacial score (nSPS) is 14.1. The van der Waals surface area contributed by atoms with E-state index in [1.165, 1.54) is 6.92 Å². The highest BCUT2D eigenvalue weighted by atomic mass is 16.6. The number of carbonyl (C=O) groups is 2. The van der Waals surface area contributed by atoms with Gasteiger partial charge < -0.3 is 14.2 Å². The second-order valence-electron chi connectivity index (χ2n) is 7.17. The van der Waals surface area contributed by atoms with Gasteiger partial charge in [0.15, 0.2) is 11.5 Å². The average Bonchev–Trinajstić information content (AvgIpc) is 3.16. The quantitative estimate of drug-likeness (QED) is 0.289. The Morgan fingerprint density at radius 1 is 0.906 bits per heavy atom. The number of ether oxygens (including phenoxy) is 3. The smallest absolute Gasteiger partial charge is 0.343 e. The Kier molecular flexibility index (Phi) is 6.17. The fourth-order valence-corrected chi connectivity index (χ4v) is 3.39. The first-order valence-electron chi connectivity index (χ1n) is 10.3. The molecule has 160 valence electrons. The van der Waals surface area contributed by atoms with Gasteiger partial charge in [-0.15, -0.1) is 0 Å². The number of carbonyl (C=O) groups excluding carboxylic acids is 2. The van der Waals surface area contributed by atoms with Crippen LogP contribution in [0.4, 0.5) is 0 Å². The minimum absolute atomic E-state index is 0.338. The second-order valence-corrected chi connectivity index (χ2v) is 7.17. The van der Waals surface area contributed by atoms with Gasteiger partial charge >= 0.3 is 11.9 Å². The molecule has 4 rings (SSSR count). The topological polar surface area (TPSA) is 61.8 Å². The van der Waals surface area contributed by atoms with Crippen molar-refractivity contribution in [3.8, 4) is 22.6 Å². The van der Waals surface area contributed by atoms with Gasteiger partial charge in [-0.05, 0) is 47.9 Å². The minimum Gasteiger partial charge on any atom is -0.490 e. The van der Waals surface area contributed by atoms with Gasteiger partial charge in [0, 0.05) is 12.5 Å². The average molecular weight is 426 g/mol. The van der Waals surface area contributed by atoms with Gasteiger partial charge in [0.25, 0.3) is 0 Å². The lowest BCUT2D eigenvalue weighted by Crippen LogP contribution is -2.04. The number of esters is 2. The van der Waals surface area contributed by atoms with Crippen LogP contribution in [0.15, 0.2) is 84.4 Å². The lowest BCUT2D eigenvalue weighted by molar-refractivity contribution is -0.132. The standard InChI is InChI=1S/C27H22O5/c1-3-30-26-16-19(9-14-24(26)31-18(2)28)15-23-17-25(32-27(23)29)22-12-10-21(11-13-22)20-7-5-4-6-8-20/h4-17H,3H2,1-2H3/b23-15+. The SMILES string of the molecule is CCOc1cc(/C=C2\C=C(c3ccc(-c4ccccc4)cc3)OC2=O)ccc1OC(C)=O. The number of hydrogen-bond acceptors (Lipinski definition) is 5. The largest absolute Gasteiger partial charge is 0.490 e. The number of rotatable bonds is 6. The van der Waals surface area contributed by atoms with E-state index in [2.05, 4.69) is 0 Å². The van der Waals surface area contributed by atoms with Crippen LogP contribution >= 0.6 is 0 Å². The summed E-state index contributed by atoms with van der Waals surface area (Å²) in [6, 6.07) is 23.1. The summed E-state index contributed by atoms with van der Waals surface area (Å²) >= 11 is 0. The molecule has 0 spiro atoms. The van der Waals surface area contributed by atoms with Crippen molar-refractivity contribution in [2.24, 2.45) is 0 Å². The maximum absolute atomic E-state index is 12.4. The Morgan fingerprint density at radius 2 is 1.59 bits per heavy atom. The molecule has 5 heteroatoms. The van der Waals surface area contributed by atoms with Crippen molar-refractivity contribution in [2.75, 3.05) is 6.61 Å². The molecule has 0 saturated carbocycles. The van der Waals surface area contributed by atoms with Crippen LogP contribution in [0, 0.1) is 0 Å². The van der Waals surface area contributed by atoms with Crippen molar-refractivity contribution in [3.63, 3.8) is 0 Å². The van der Waals surface area contributed by atoms with E-state index in [4.69, 9.17) is 14.2 Å². The van der Waals surface area contributed by atoms with E-state index in [1.54, 1.807) is 30.4 Å². The van der Waals surface area contributed by atoms with Gasteiger partial charge in [-0.2, -0.15) is 0 Å². The molecule has 0 radical (unpaired) electrons. The molecule has 0 atom stereocenters. The molecule has 1 aliphatic heterocycles. The summed E-state index contributed by atoms with van der Waals surface area (Å²) < 4.78 is 16.2. The van der Waals surface area contributed by atoms with E-state index in [9.17, 15) is 9.59 Å². The minimum atomic E-state index is -0.428. The van der Waals surface area contributed by atoms with Crippen LogP contribution in [-0.4, -0.2) is 18.5 Å². The fraction of sp³-hybridized carbons (Fsp3) is 0.111. The van der Waals surface area contributed by atoms with E-state index in [-0.39, 0.29) is 0 Å². The first-order valence-corrected chi connectivity index (χ1v) is 10.3. The Morgan fingerprint density at radius 3 is 2.28 bits per heavy atom. The van der Waals surface area contributed by atoms with Gasteiger partial charge in [0.2, 0.25) is 0 Å². The van der Waals surface area contributed by atoms with Gasteiger partial charge in [0.1, 0.15) is 5.76 Å². The van der Waals surface area contributed by atoms with Crippen LogP contribution in [0.5, 0.6) is 11.5 Å². The molecular formula is C27H22O5. The fourth-order valence-electron chi connectivity index (χ4n) is 3.39. The van der Waals surface area contributed by atoms with Crippen LogP contribution < -0.4 is 9.47 Å². The van der Waals surface area contributed by atoms with Crippen molar-refractivity contribution in [1.29, 1.82) is 0 Å². The molecule has 0 amide bonds. The molecule has 0 aliphatic carbocycles. The van der Waals surface area contributed by atoms with Crippen molar-refractivity contribution in [2.45, 2.75) is 13.8 Å². The molecule has 3 aromatic carbocycles. The van der Waals surface area contributed by atoms with E-state index >= 15 is 0 Å². The first kappa shape index (κ1) is 21.1. The van der Waals surface area contributed by atoms with Gasteiger partial charge in [-0.1, -0.05) is 60.7 Å². The van der Waals surface area contributed by atoms with Crippen LogP contribution in [0.25, 0.3) is 23.0 Å². The summed E-state index contributed by atoms with van der Waals surface area (Å²) in [6.45, 7) is 3.59. The Hall–Kier alpha value is -4.12. The summed E-state index contributed by atoms with van der Waals surface area (Å²) in [4.78, 5) is 23.7. The highest BCUT2D eigenvalue weighted by Gasteiger charge is 2.22. The molecule has 0 aromatic heterocycles. The summed E-state index contributed by atoms with van der Waals surface area (Å²) in [5.74, 6) is 0.424. The third-order valence-corrected chi connectivity index (χ3v) is 4.84. The third-order valence-electron chi connectivity index (χ3n) is 4.84. The molecule has 0 bridgehead atoms. The third kappa shape index (κ3) is 4.78. The number of cyclic esters (lactones) is 1. The zero-order chi connectivity index (χ0) is 22.5. The summed E-state index contributed by atoms with van der Waals surface area (Å²) in [6.07, 6.45) is 3.44. The predicted molar refractivity (Wildman–Crippen MR) is 123 cm³/mol. The molecule has 3 aromatic rings. The van der Waals surface area contributed by atoms with Crippen molar-refractivity contribution in [3.05, 3.63) is 95.6 Å². The highest BCUT2D eigenvalue weighted by Crippen LogP contribution is 2.32. The Balaban J connectivity index is 1.58. The van der Waals surface area contributed by atoms with Gasteiger partial charge in [-0.3, -0.25) is 4.79 Å². The zero-order valence-electron chi connectivity index (χ0n) is 17.8. The number of benzene rings is 3. The molecule has 0 unspecified atom stereocenters. The van der Waals surface area contributed by atoms with E-state index < -0.39 is 11.9 Å². The summed E-state index contributed by atoms with van der Waals surface area (Å²) in [5.41, 5.74) is 4.19. The lowest BCUT2D eigenvalue weighted by atomic mass is 10.0. The number of hydrogen-bond donors (Lipinski definition) is 0. The maximum atomic E-state index is 12.4. The summed E-state index contributed by atoms with van der Waals surface area (Å²) in [7, 11) is 0. The maximum Gasteiger partial charge on any atom is 0.343 e. The molecule has 1 aliphatic rings. The molecule has 5 nitrogen and oxygen atoms in total. The lowest BCUT2D eigenvalue weighted by Gasteiger charge is -2.10. The molecule has 1 heterocycles. The molecule has 32 heavy (non-hydrogen) atoms. The molecular weight excluding hydrogens is 404 g/mol. The first-order chi connectivity index (χ1) is 15.5. The van der Waals surface area contributed by atoms with Crippen molar-refractivity contribution >= 4 is 23.8 Å². The summed E-state index contributed by atoms with van der Waals surface area (Å²) in [5, 5.41) is 0.